The van der Waals surface area contributed by atoms with E-state index < -0.39 is 0 Å². The zero-order valence-electron chi connectivity index (χ0n) is 56.1. The third-order valence-corrected chi connectivity index (χ3v) is 20.9. The summed E-state index contributed by atoms with van der Waals surface area (Å²) < 4.78 is 9.50. The van der Waals surface area contributed by atoms with Crippen molar-refractivity contribution in [1.29, 1.82) is 10.5 Å². The van der Waals surface area contributed by atoms with E-state index in [0.717, 1.165) is 99.9 Å². The van der Waals surface area contributed by atoms with E-state index in [1.807, 2.05) is 60.7 Å². The lowest BCUT2D eigenvalue weighted by molar-refractivity contribution is 1.18. The Morgan fingerprint density at radius 1 is 0.221 bits per heavy atom. The minimum atomic E-state index is 0.627. The summed E-state index contributed by atoms with van der Waals surface area (Å²) in [6.07, 6.45) is 0. The minimum absolute atomic E-state index is 0.627. The van der Waals surface area contributed by atoms with Crippen LogP contribution in [-0.2, 0) is 0 Å². The molecule has 0 amide bonds. The van der Waals surface area contributed by atoms with Crippen LogP contribution in [-0.4, -0.2) is 28.2 Å². The van der Waals surface area contributed by atoms with E-state index in [4.69, 9.17) is 9.97 Å². The smallest absolute Gasteiger partial charge is 0.0999 e. The van der Waals surface area contributed by atoms with Crippen LogP contribution in [0.2, 0.25) is 0 Å². The Morgan fingerprint density at radius 2 is 0.625 bits per heavy atom. The summed E-state index contributed by atoms with van der Waals surface area (Å²) in [7, 11) is 0. The molecule has 0 radical (unpaired) electrons. The number of rotatable bonds is 8. The Hall–Kier alpha value is -14.4. The summed E-state index contributed by atoms with van der Waals surface area (Å²) in [5.41, 5.74) is 25.0. The number of benzene rings is 15. The highest BCUT2D eigenvalue weighted by Crippen LogP contribution is 2.44. The van der Waals surface area contributed by atoms with Gasteiger partial charge in [-0.25, -0.2) is 9.97 Å². The second-order valence-electron chi connectivity index (χ2n) is 26.6. The van der Waals surface area contributed by atoms with Gasteiger partial charge in [-0.3, -0.25) is 0 Å². The van der Waals surface area contributed by atoms with Gasteiger partial charge in [0.1, 0.15) is 0 Å². The number of nitrogens with zero attached hydrogens (tertiary/aromatic N) is 8. The van der Waals surface area contributed by atoms with Crippen molar-refractivity contribution in [2.75, 3.05) is 0 Å². The van der Waals surface area contributed by atoms with Gasteiger partial charge in [0, 0.05) is 87.4 Å². The van der Waals surface area contributed by atoms with Crippen LogP contribution < -0.4 is 0 Å². The number of fused-ring (bicyclic) bond motifs is 15. The van der Waals surface area contributed by atoms with Gasteiger partial charge in [0.25, 0.3) is 0 Å². The van der Waals surface area contributed by atoms with E-state index in [1.165, 1.54) is 87.4 Å². The molecule has 21 rings (SSSR count). The number of nitriles is 2. The van der Waals surface area contributed by atoms with Gasteiger partial charge in [0.15, 0.2) is 0 Å². The van der Waals surface area contributed by atoms with Crippen LogP contribution in [0.15, 0.2) is 352 Å². The number of para-hydroxylation sites is 8. The highest BCUT2D eigenvalue weighted by Gasteiger charge is 2.22. The van der Waals surface area contributed by atoms with Crippen LogP contribution in [0.1, 0.15) is 11.1 Å². The van der Waals surface area contributed by atoms with Gasteiger partial charge in [0.05, 0.1) is 95.5 Å². The molecule has 0 saturated carbocycles. The van der Waals surface area contributed by atoms with Crippen molar-refractivity contribution < 1.29 is 0 Å². The van der Waals surface area contributed by atoms with Gasteiger partial charge in [-0.15, -0.1) is 0 Å². The Kier molecular flexibility index (Phi) is 13.9. The maximum atomic E-state index is 10.0. The van der Waals surface area contributed by atoms with E-state index in [0.29, 0.717) is 11.1 Å². The Balaban J connectivity index is 0.000000139. The Morgan fingerprint density at radius 3 is 1.23 bits per heavy atom. The summed E-state index contributed by atoms with van der Waals surface area (Å²) in [4.78, 5) is 9.92. The third-order valence-electron chi connectivity index (χ3n) is 20.9. The molecule has 21 aromatic rings. The quantitative estimate of drug-likeness (QED) is 0.151. The van der Waals surface area contributed by atoms with Crippen molar-refractivity contribution in [1.82, 2.24) is 28.2 Å². The first kappa shape index (κ1) is 59.6. The summed E-state index contributed by atoms with van der Waals surface area (Å²) in [6, 6.07) is 129. The van der Waals surface area contributed by atoms with Gasteiger partial charge >= 0.3 is 0 Å². The molecule has 0 aliphatic carbocycles. The van der Waals surface area contributed by atoms with Crippen LogP contribution in [0.4, 0.5) is 0 Å². The fourth-order valence-electron chi connectivity index (χ4n) is 16.3. The number of hydrogen-bond acceptors (Lipinski definition) is 4. The molecule has 0 bridgehead atoms. The molecular weight excluding hydrogens is 1270 g/mol. The van der Waals surface area contributed by atoms with E-state index in [1.54, 1.807) is 0 Å². The average Bonchev–Trinajstić information content (AvgIpc) is 1.57. The largest absolute Gasteiger partial charge is 0.309 e. The minimum Gasteiger partial charge on any atom is -0.309 e. The topological polar surface area (TPSA) is 93.1 Å². The SMILES string of the molecule is N#Cc1cc(-c2ccc(-n3c4ccccc4c4c(-c5ccc6c7ccccc7n(-c7ccccc7)c6c5)cccc43)cc2)nc2ccccc12.N#Cc1cc(-c2ccc(-n3c4ccccc4c4cc(-c5ccc6c7ccccc7n(-c7ccccc7)c6c5)ccc43)c3ccccc23)nc2ccccc12. The van der Waals surface area contributed by atoms with Crippen LogP contribution >= 0.6 is 0 Å². The van der Waals surface area contributed by atoms with Gasteiger partial charge < -0.3 is 18.3 Å². The highest BCUT2D eigenvalue weighted by molar-refractivity contribution is 6.18. The average molecular weight is 1320 g/mol. The van der Waals surface area contributed by atoms with Crippen LogP contribution in [0, 0.1) is 22.7 Å². The molecule has 104 heavy (non-hydrogen) atoms. The monoisotopic (exact) mass is 1320 g/mol. The van der Waals surface area contributed by atoms with Crippen molar-refractivity contribution in [2.45, 2.75) is 0 Å². The molecule has 6 heterocycles. The summed E-state index contributed by atoms with van der Waals surface area (Å²) in [5, 5.41) is 33.7. The lowest BCUT2D eigenvalue weighted by atomic mass is 9.98. The lowest BCUT2D eigenvalue weighted by Crippen LogP contribution is -1.97. The van der Waals surface area contributed by atoms with Gasteiger partial charge in [0.2, 0.25) is 0 Å². The normalized spacial score (nSPS) is 11.6. The molecule has 0 fully saturated rings. The first-order valence-corrected chi connectivity index (χ1v) is 35.0. The maximum absolute atomic E-state index is 10.0. The lowest BCUT2D eigenvalue weighted by Gasteiger charge is -2.15. The molecule has 0 aliphatic rings. The molecule has 8 nitrogen and oxygen atoms in total. The van der Waals surface area contributed by atoms with Crippen molar-refractivity contribution in [3.63, 3.8) is 0 Å². The maximum Gasteiger partial charge on any atom is 0.0999 e. The highest BCUT2D eigenvalue weighted by atomic mass is 15.0. The molecule has 0 aliphatic heterocycles. The van der Waals surface area contributed by atoms with Gasteiger partial charge in [-0.05, 0) is 149 Å². The van der Waals surface area contributed by atoms with Crippen LogP contribution in [0.5, 0.6) is 0 Å². The van der Waals surface area contributed by atoms with Crippen LogP contribution in [0.3, 0.4) is 0 Å². The molecule has 482 valence electrons. The number of hydrogen-bond donors (Lipinski definition) is 0. The molecule has 0 unspecified atom stereocenters. The molecular formula is C96H58N8. The van der Waals surface area contributed by atoms with Gasteiger partial charge in [-0.2, -0.15) is 10.5 Å². The fraction of sp³-hybridized carbons (Fsp3) is 0. The van der Waals surface area contributed by atoms with Crippen molar-refractivity contribution in [3.8, 4) is 79.7 Å². The molecule has 8 heteroatoms. The van der Waals surface area contributed by atoms with E-state index in [9.17, 15) is 10.5 Å². The first-order chi connectivity index (χ1) is 51.5. The molecule has 15 aromatic carbocycles. The van der Waals surface area contributed by atoms with E-state index in [2.05, 4.69) is 322 Å². The molecule has 0 atom stereocenters. The number of aromatic nitrogens is 6. The van der Waals surface area contributed by atoms with E-state index in [-0.39, 0.29) is 0 Å². The van der Waals surface area contributed by atoms with E-state index >= 15 is 0 Å². The fourth-order valence-corrected chi connectivity index (χ4v) is 16.3. The molecule has 0 saturated heterocycles. The zero-order valence-corrected chi connectivity index (χ0v) is 56.1. The van der Waals surface area contributed by atoms with Crippen molar-refractivity contribution in [2.24, 2.45) is 0 Å². The number of pyridine rings is 2. The standard InChI is InChI=1S/C50H30N4.C46H28N4/c51-31-34-29-45(52-44-19-9-6-14-36(34)44)38-25-27-48(39-16-5-4-15-37(38)39)54-47-21-11-8-18-41(47)43-28-32(23-26-49(43)54)33-22-24-42-40-17-7-10-20-46(40)53(50(42)30-33)35-12-2-1-3-13-35;47-29-32-27-41(48-40-17-7-4-13-35(32)40)30-21-24-34(25-22-30)49-43-19-9-6-15-39(43)46-36(16-10-20-44(46)49)31-23-26-38-37-14-5-8-18-42(37)50(45(38)28-31)33-11-2-1-3-12-33/h1-30H;1-28H. The Bertz CT molecular complexity index is 7180. The molecule has 0 N–H and O–H groups in total. The second kappa shape index (κ2) is 24.2. The summed E-state index contributed by atoms with van der Waals surface area (Å²) >= 11 is 0. The molecule has 0 spiro atoms. The third kappa shape index (κ3) is 9.52. The van der Waals surface area contributed by atoms with Crippen molar-refractivity contribution in [3.05, 3.63) is 363 Å². The second-order valence-corrected chi connectivity index (χ2v) is 26.6. The Labute approximate surface area is 597 Å². The van der Waals surface area contributed by atoms with Crippen LogP contribution in [0.25, 0.3) is 187 Å². The predicted molar refractivity (Wildman–Crippen MR) is 430 cm³/mol. The van der Waals surface area contributed by atoms with Crippen molar-refractivity contribution >= 4 is 120 Å². The first-order valence-electron chi connectivity index (χ1n) is 35.0. The zero-order chi connectivity index (χ0) is 68.9. The summed E-state index contributed by atoms with van der Waals surface area (Å²) in [6.45, 7) is 0. The molecule has 6 aromatic heterocycles. The predicted octanol–water partition coefficient (Wildman–Crippen LogP) is 24.4. The summed E-state index contributed by atoms with van der Waals surface area (Å²) in [5.74, 6) is 0. The van der Waals surface area contributed by atoms with Gasteiger partial charge in [-0.1, -0.05) is 231 Å².